The molecule has 1 saturated heterocycles. The molecule has 1 amide bonds. The Labute approximate surface area is 108 Å². The molecule has 0 saturated carbocycles. The molecule has 0 radical (unpaired) electrons. The first-order valence-corrected chi connectivity index (χ1v) is 5.62. The number of nitrogens with one attached hydrogen (secondary N) is 1. The lowest BCUT2D eigenvalue weighted by molar-refractivity contribution is 0.0644. The summed E-state index contributed by atoms with van der Waals surface area (Å²) < 4.78 is 1.66. The quantitative estimate of drug-likeness (QED) is 0.802. The van der Waals surface area contributed by atoms with Crippen molar-refractivity contribution in [2.45, 2.75) is 19.9 Å². The molecule has 5 nitrogen and oxygen atoms in total. The molecule has 2 heterocycles. The fourth-order valence-corrected chi connectivity index (χ4v) is 2.10. The zero-order valence-electron chi connectivity index (χ0n) is 10.4. The van der Waals surface area contributed by atoms with Crippen LogP contribution in [0.3, 0.4) is 0 Å². The number of carbonyl (C=O) groups is 1. The molecule has 1 aromatic rings. The van der Waals surface area contributed by atoms with E-state index in [1.807, 2.05) is 24.9 Å². The maximum atomic E-state index is 12.3. The van der Waals surface area contributed by atoms with Gasteiger partial charge in [0.15, 0.2) is 0 Å². The molecule has 0 aliphatic carbocycles. The Morgan fingerprint density at radius 1 is 1.59 bits per heavy atom. The SMILES string of the molecule is Cc1cc(C(=O)N2CCNCC2C)n(C)n1.Cl. The van der Waals surface area contributed by atoms with Crippen LogP contribution in [0.4, 0.5) is 0 Å². The molecule has 1 unspecified atom stereocenters. The van der Waals surface area contributed by atoms with E-state index in [-0.39, 0.29) is 24.4 Å². The number of amides is 1. The summed E-state index contributed by atoms with van der Waals surface area (Å²) in [6, 6.07) is 2.09. The molecule has 6 heteroatoms. The number of hydrogen-bond donors (Lipinski definition) is 1. The van der Waals surface area contributed by atoms with Crippen LogP contribution < -0.4 is 5.32 Å². The van der Waals surface area contributed by atoms with Crippen LogP contribution in [0.1, 0.15) is 23.1 Å². The van der Waals surface area contributed by atoms with Gasteiger partial charge in [0.2, 0.25) is 0 Å². The Bertz CT molecular complexity index is 404. The number of nitrogens with zero attached hydrogens (tertiary/aromatic N) is 3. The highest BCUT2D eigenvalue weighted by molar-refractivity contribution is 5.93. The first-order valence-electron chi connectivity index (χ1n) is 5.62. The van der Waals surface area contributed by atoms with E-state index in [1.54, 1.807) is 4.68 Å². The molecule has 0 spiro atoms. The van der Waals surface area contributed by atoms with E-state index in [4.69, 9.17) is 0 Å². The van der Waals surface area contributed by atoms with E-state index in [2.05, 4.69) is 17.3 Å². The second kappa shape index (κ2) is 5.51. The molecular weight excluding hydrogens is 240 g/mol. The summed E-state index contributed by atoms with van der Waals surface area (Å²) in [5, 5.41) is 7.48. The van der Waals surface area contributed by atoms with Gasteiger partial charge in [0, 0.05) is 32.7 Å². The van der Waals surface area contributed by atoms with Crippen LogP contribution in [0, 0.1) is 6.92 Å². The van der Waals surface area contributed by atoms with Gasteiger partial charge in [0.05, 0.1) is 5.69 Å². The maximum absolute atomic E-state index is 12.3. The van der Waals surface area contributed by atoms with Crippen molar-refractivity contribution >= 4 is 18.3 Å². The van der Waals surface area contributed by atoms with Crippen molar-refractivity contribution in [3.8, 4) is 0 Å². The largest absolute Gasteiger partial charge is 0.332 e. The fourth-order valence-electron chi connectivity index (χ4n) is 2.10. The molecule has 96 valence electrons. The Hall–Kier alpha value is -1.07. The van der Waals surface area contributed by atoms with Gasteiger partial charge in [-0.1, -0.05) is 0 Å². The lowest BCUT2D eigenvalue weighted by atomic mass is 10.2. The summed E-state index contributed by atoms with van der Waals surface area (Å²) in [7, 11) is 1.81. The smallest absolute Gasteiger partial charge is 0.272 e. The monoisotopic (exact) mass is 258 g/mol. The highest BCUT2D eigenvalue weighted by Crippen LogP contribution is 2.10. The summed E-state index contributed by atoms with van der Waals surface area (Å²) in [6.45, 7) is 6.46. The minimum absolute atomic E-state index is 0. The summed E-state index contributed by atoms with van der Waals surface area (Å²) in [5.41, 5.74) is 1.56. The van der Waals surface area contributed by atoms with E-state index in [0.717, 1.165) is 25.3 Å². The normalized spacial score (nSPS) is 19.9. The molecule has 1 atom stereocenters. The number of aryl methyl sites for hydroxylation is 2. The topological polar surface area (TPSA) is 50.2 Å². The number of rotatable bonds is 1. The zero-order valence-corrected chi connectivity index (χ0v) is 11.3. The van der Waals surface area contributed by atoms with Gasteiger partial charge in [-0.15, -0.1) is 12.4 Å². The molecule has 17 heavy (non-hydrogen) atoms. The molecule has 0 aromatic carbocycles. The number of hydrogen-bond acceptors (Lipinski definition) is 3. The molecule has 1 aliphatic rings. The first kappa shape index (κ1) is 14.0. The van der Waals surface area contributed by atoms with Gasteiger partial charge >= 0.3 is 0 Å². The summed E-state index contributed by atoms with van der Waals surface area (Å²) >= 11 is 0. The van der Waals surface area contributed by atoms with Crippen LogP contribution in [-0.4, -0.2) is 46.3 Å². The predicted octanol–water partition coefficient (Wildman–Crippen LogP) is 0.584. The van der Waals surface area contributed by atoms with E-state index in [9.17, 15) is 4.79 Å². The second-order valence-corrected chi connectivity index (χ2v) is 4.35. The molecule has 1 aliphatic heterocycles. The Kier molecular flexibility index (Phi) is 4.54. The Balaban J connectivity index is 0.00000144. The maximum Gasteiger partial charge on any atom is 0.272 e. The summed E-state index contributed by atoms with van der Waals surface area (Å²) in [4.78, 5) is 14.2. The molecule has 1 fully saturated rings. The van der Waals surface area contributed by atoms with E-state index in [1.165, 1.54) is 0 Å². The molecule has 0 bridgehead atoms. The lowest BCUT2D eigenvalue weighted by Crippen LogP contribution is -2.52. The minimum Gasteiger partial charge on any atom is -0.332 e. The third-order valence-corrected chi connectivity index (χ3v) is 2.98. The third-order valence-electron chi connectivity index (χ3n) is 2.98. The zero-order chi connectivity index (χ0) is 11.7. The number of halogens is 1. The molecular formula is C11H19ClN4O. The van der Waals surface area contributed by atoms with E-state index < -0.39 is 0 Å². The Morgan fingerprint density at radius 3 is 2.82 bits per heavy atom. The standard InChI is InChI=1S/C11H18N4O.ClH/c1-8-6-10(14(3)13-8)11(16)15-5-4-12-7-9(15)2;/h6,9,12H,4-5,7H2,1-3H3;1H. The molecule has 1 N–H and O–H groups in total. The van der Waals surface area contributed by atoms with Crippen molar-refractivity contribution in [3.05, 3.63) is 17.5 Å². The molecule has 1 aromatic heterocycles. The summed E-state index contributed by atoms with van der Waals surface area (Å²) in [6.07, 6.45) is 0. The molecule has 2 rings (SSSR count). The predicted molar refractivity (Wildman–Crippen MR) is 68.6 cm³/mol. The van der Waals surface area contributed by atoms with Crippen LogP contribution >= 0.6 is 12.4 Å². The number of piperazine rings is 1. The highest BCUT2D eigenvalue weighted by atomic mass is 35.5. The second-order valence-electron chi connectivity index (χ2n) is 4.35. The van der Waals surface area contributed by atoms with Crippen molar-refractivity contribution < 1.29 is 4.79 Å². The van der Waals surface area contributed by atoms with Gasteiger partial charge in [0.1, 0.15) is 5.69 Å². The van der Waals surface area contributed by atoms with Crippen LogP contribution in [-0.2, 0) is 7.05 Å². The van der Waals surface area contributed by atoms with Crippen LogP contribution in [0.2, 0.25) is 0 Å². The fraction of sp³-hybridized carbons (Fsp3) is 0.636. The van der Waals surface area contributed by atoms with Crippen LogP contribution in [0.25, 0.3) is 0 Å². The minimum atomic E-state index is 0. The average molecular weight is 259 g/mol. The van der Waals surface area contributed by atoms with Gasteiger partial charge in [-0.05, 0) is 19.9 Å². The first-order chi connectivity index (χ1) is 7.59. The average Bonchev–Trinajstić information content (AvgIpc) is 2.58. The van der Waals surface area contributed by atoms with Gasteiger partial charge in [-0.2, -0.15) is 5.10 Å². The number of aromatic nitrogens is 2. The Morgan fingerprint density at radius 2 is 2.29 bits per heavy atom. The third kappa shape index (κ3) is 2.79. The number of carbonyl (C=O) groups excluding carboxylic acids is 1. The van der Waals surface area contributed by atoms with Crippen molar-refractivity contribution in [2.24, 2.45) is 7.05 Å². The van der Waals surface area contributed by atoms with E-state index in [0.29, 0.717) is 5.69 Å². The van der Waals surface area contributed by atoms with Crippen LogP contribution in [0.15, 0.2) is 6.07 Å². The van der Waals surface area contributed by atoms with Crippen LogP contribution in [0.5, 0.6) is 0 Å². The van der Waals surface area contributed by atoms with Gasteiger partial charge in [-0.25, -0.2) is 0 Å². The van der Waals surface area contributed by atoms with Crippen molar-refractivity contribution in [2.75, 3.05) is 19.6 Å². The highest BCUT2D eigenvalue weighted by Gasteiger charge is 2.25. The summed E-state index contributed by atoms with van der Waals surface area (Å²) in [5.74, 6) is 0.0806. The lowest BCUT2D eigenvalue weighted by Gasteiger charge is -2.33. The van der Waals surface area contributed by atoms with Gasteiger partial charge < -0.3 is 10.2 Å². The van der Waals surface area contributed by atoms with Crippen molar-refractivity contribution in [1.82, 2.24) is 20.0 Å². The van der Waals surface area contributed by atoms with Gasteiger partial charge in [-0.3, -0.25) is 9.48 Å². The van der Waals surface area contributed by atoms with Gasteiger partial charge in [0.25, 0.3) is 5.91 Å². The van der Waals surface area contributed by atoms with Crippen molar-refractivity contribution in [3.63, 3.8) is 0 Å². The van der Waals surface area contributed by atoms with Crippen molar-refractivity contribution in [1.29, 1.82) is 0 Å². The van der Waals surface area contributed by atoms with E-state index >= 15 is 0 Å².